The second kappa shape index (κ2) is 4.25. The molecule has 0 aliphatic carbocycles. The predicted octanol–water partition coefficient (Wildman–Crippen LogP) is 2.09. The summed E-state index contributed by atoms with van der Waals surface area (Å²) in [6, 6.07) is 7.58. The van der Waals surface area contributed by atoms with Crippen molar-refractivity contribution in [3.63, 3.8) is 0 Å². The number of benzene rings is 1. The number of nitriles is 1. The Bertz CT molecular complexity index is 539. The second-order valence-electron chi connectivity index (χ2n) is 3.62. The number of rotatable bonds is 3. The Hall–Kier alpha value is -1.99. The average Bonchev–Trinajstić information content (AvgIpc) is 2.71. The van der Waals surface area contributed by atoms with Crippen molar-refractivity contribution < 1.29 is 4.74 Å². The van der Waals surface area contributed by atoms with Crippen LogP contribution in [0, 0.1) is 11.3 Å². The minimum atomic E-state index is -0.258. The number of nitrogens with one attached hydrogen (secondary N) is 1. The molecule has 3 N–H and O–H groups in total. The van der Waals surface area contributed by atoms with Crippen LogP contribution in [0.15, 0.2) is 24.4 Å². The van der Waals surface area contributed by atoms with E-state index in [1.165, 1.54) is 0 Å². The summed E-state index contributed by atoms with van der Waals surface area (Å²) in [5.41, 5.74) is 7.88. The molecule has 0 amide bonds. The molecule has 16 heavy (non-hydrogen) atoms. The molecule has 0 radical (unpaired) electrons. The Morgan fingerprint density at radius 3 is 3.06 bits per heavy atom. The van der Waals surface area contributed by atoms with Crippen molar-refractivity contribution in [2.75, 3.05) is 7.11 Å². The number of hydrogen-bond acceptors (Lipinski definition) is 3. The molecule has 82 valence electrons. The van der Waals surface area contributed by atoms with Gasteiger partial charge >= 0.3 is 0 Å². The molecule has 0 fully saturated rings. The summed E-state index contributed by atoms with van der Waals surface area (Å²) in [7, 11) is 1.63. The van der Waals surface area contributed by atoms with Crippen molar-refractivity contribution in [2.45, 2.75) is 12.5 Å². The molecule has 0 aliphatic heterocycles. The topological polar surface area (TPSA) is 74.8 Å². The SMILES string of the molecule is COc1ccc2[nH]cc(C(N)CC#N)c2c1. The highest BCUT2D eigenvalue weighted by molar-refractivity contribution is 5.85. The van der Waals surface area contributed by atoms with Gasteiger partial charge in [-0.2, -0.15) is 5.26 Å². The van der Waals surface area contributed by atoms with E-state index in [-0.39, 0.29) is 6.04 Å². The molecular formula is C12H13N3O. The van der Waals surface area contributed by atoms with Gasteiger partial charge in [-0.25, -0.2) is 0 Å². The Labute approximate surface area is 93.6 Å². The Morgan fingerprint density at radius 2 is 2.38 bits per heavy atom. The lowest BCUT2D eigenvalue weighted by atomic mass is 10.0. The van der Waals surface area contributed by atoms with Gasteiger partial charge in [0.2, 0.25) is 0 Å². The van der Waals surface area contributed by atoms with Crippen LogP contribution in [0.4, 0.5) is 0 Å². The van der Waals surface area contributed by atoms with E-state index >= 15 is 0 Å². The molecule has 2 rings (SSSR count). The van der Waals surface area contributed by atoms with E-state index in [0.717, 1.165) is 22.2 Å². The van der Waals surface area contributed by atoms with Crippen LogP contribution in [-0.2, 0) is 0 Å². The van der Waals surface area contributed by atoms with Gasteiger partial charge in [-0.15, -0.1) is 0 Å². The monoisotopic (exact) mass is 215 g/mol. The zero-order valence-corrected chi connectivity index (χ0v) is 9.03. The summed E-state index contributed by atoms with van der Waals surface area (Å²) in [5, 5.41) is 9.66. The van der Waals surface area contributed by atoms with E-state index in [1.54, 1.807) is 7.11 Å². The summed E-state index contributed by atoms with van der Waals surface area (Å²) in [4.78, 5) is 3.13. The van der Waals surface area contributed by atoms with Gasteiger partial charge in [0.05, 0.1) is 19.6 Å². The highest BCUT2D eigenvalue weighted by Gasteiger charge is 2.11. The van der Waals surface area contributed by atoms with Gasteiger partial charge < -0.3 is 15.5 Å². The van der Waals surface area contributed by atoms with Crippen LogP contribution >= 0.6 is 0 Å². The maximum Gasteiger partial charge on any atom is 0.119 e. The van der Waals surface area contributed by atoms with E-state index in [0.29, 0.717) is 6.42 Å². The minimum Gasteiger partial charge on any atom is -0.497 e. The average molecular weight is 215 g/mol. The first kappa shape index (κ1) is 10.5. The summed E-state index contributed by atoms with van der Waals surface area (Å²) < 4.78 is 5.17. The van der Waals surface area contributed by atoms with E-state index < -0.39 is 0 Å². The standard InChI is InChI=1S/C12H13N3O/c1-16-8-2-3-12-9(6-8)10(7-15-12)11(14)4-5-13/h2-3,6-7,11,15H,4,14H2,1H3. The van der Waals surface area contributed by atoms with Gasteiger partial charge in [-0.1, -0.05) is 0 Å². The number of fused-ring (bicyclic) bond motifs is 1. The molecule has 0 saturated heterocycles. The number of hydrogen-bond donors (Lipinski definition) is 2. The summed E-state index contributed by atoms with van der Waals surface area (Å²) in [6.45, 7) is 0. The Morgan fingerprint density at radius 1 is 1.56 bits per heavy atom. The van der Waals surface area contributed by atoms with Crippen LogP contribution in [0.3, 0.4) is 0 Å². The van der Waals surface area contributed by atoms with Crippen molar-refractivity contribution in [2.24, 2.45) is 5.73 Å². The van der Waals surface area contributed by atoms with Gasteiger partial charge in [0.1, 0.15) is 5.75 Å². The van der Waals surface area contributed by atoms with E-state index in [1.807, 2.05) is 24.4 Å². The van der Waals surface area contributed by atoms with Gasteiger partial charge in [0, 0.05) is 23.1 Å². The highest BCUT2D eigenvalue weighted by Crippen LogP contribution is 2.27. The number of aromatic nitrogens is 1. The third kappa shape index (κ3) is 1.73. The molecule has 4 nitrogen and oxygen atoms in total. The van der Waals surface area contributed by atoms with Crippen molar-refractivity contribution >= 4 is 10.9 Å². The lowest BCUT2D eigenvalue weighted by molar-refractivity contribution is 0.415. The molecule has 0 aliphatic rings. The van der Waals surface area contributed by atoms with Crippen LogP contribution in [0.5, 0.6) is 5.75 Å². The second-order valence-corrected chi connectivity index (χ2v) is 3.62. The van der Waals surface area contributed by atoms with Crippen molar-refractivity contribution in [1.82, 2.24) is 4.98 Å². The molecule has 1 aromatic carbocycles. The van der Waals surface area contributed by atoms with Crippen LogP contribution in [0.2, 0.25) is 0 Å². The lowest BCUT2D eigenvalue weighted by Gasteiger charge is -2.06. The summed E-state index contributed by atoms with van der Waals surface area (Å²) >= 11 is 0. The number of nitrogens with two attached hydrogens (primary N) is 1. The fraction of sp³-hybridized carbons (Fsp3) is 0.250. The number of nitrogens with zero attached hydrogens (tertiary/aromatic N) is 1. The lowest BCUT2D eigenvalue weighted by Crippen LogP contribution is -2.08. The largest absolute Gasteiger partial charge is 0.497 e. The van der Waals surface area contributed by atoms with Gasteiger partial charge in [-0.05, 0) is 23.8 Å². The molecular weight excluding hydrogens is 202 g/mol. The van der Waals surface area contributed by atoms with Crippen molar-refractivity contribution in [1.29, 1.82) is 5.26 Å². The fourth-order valence-electron chi connectivity index (χ4n) is 1.76. The van der Waals surface area contributed by atoms with Crippen LogP contribution < -0.4 is 10.5 Å². The number of ether oxygens (including phenoxy) is 1. The molecule has 1 aromatic heterocycles. The van der Waals surface area contributed by atoms with Gasteiger partial charge in [-0.3, -0.25) is 0 Å². The molecule has 2 aromatic rings. The van der Waals surface area contributed by atoms with Crippen molar-refractivity contribution in [3.05, 3.63) is 30.0 Å². The minimum absolute atomic E-state index is 0.258. The number of aromatic amines is 1. The third-order valence-electron chi connectivity index (χ3n) is 2.63. The molecule has 0 spiro atoms. The first-order chi connectivity index (χ1) is 7.76. The maximum absolute atomic E-state index is 8.64. The van der Waals surface area contributed by atoms with Gasteiger partial charge in [0.15, 0.2) is 0 Å². The number of methoxy groups -OCH3 is 1. The molecule has 0 bridgehead atoms. The zero-order chi connectivity index (χ0) is 11.5. The maximum atomic E-state index is 8.64. The smallest absolute Gasteiger partial charge is 0.119 e. The Balaban J connectivity index is 2.50. The molecule has 4 heteroatoms. The predicted molar refractivity (Wildman–Crippen MR) is 62.0 cm³/mol. The number of H-pyrrole nitrogens is 1. The molecule has 1 heterocycles. The summed E-state index contributed by atoms with van der Waals surface area (Å²) in [6.07, 6.45) is 2.16. The van der Waals surface area contributed by atoms with Crippen LogP contribution in [0.25, 0.3) is 10.9 Å². The molecule has 1 atom stereocenters. The van der Waals surface area contributed by atoms with E-state index in [9.17, 15) is 0 Å². The van der Waals surface area contributed by atoms with Gasteiger partial charge in [0.25, 0.3) is 0 Å². The van der Waals surface area contributed by atoms with E-state index in [2.05, 4.69) is 11.1 Å². The van der Waals surface area contributed by atoms with E-state index in [4.69, 9.17) is 15.7 Å². The third-order valence-corrected chi connectivity index (χ3v) is 2.63. The Kier molecular flexibility index (Phi) is 2.80. The first-order valence-electron chi connectivity index (χ1n) is 5.04. The normalized spacial score (nSPS) is 12.3. The molecule has 0 saturated carbocycles. The fourth-order valence-corrected chi connectivity index (χ4v) is 1.76. The quantitative estimate of drug-likeness (QED) is 0.823. The zero-order valence-electron chi connectivity index (χ0n) is 9.03. The van der Waals surface area contributed by atoms with Crippen LogP contribution in [0.1, 0.15) is 18.0 Å². The van der Waals surface area contributed by atoms with Crippen molar-refractivity contribution in [3.8, 4) is 11.8 Å². The molecule has 1 unspecified atom stereocenters. The summed E-state index contributed by atoms with van der Waals surface area (Å²) in [5.74, 6) is 0.789. The van der Waals surface area contributed by atoms with Crippen LogP contribution in [-0.4, -0.2) is 12.1 Å². The highest BCUT2D eigenvalue weighted by atomic mass is 16.5. The first-order valence-corrected chi connectivity index (χ1v) is 5.04.